The molecule has 1 fully saturated rings. The van der Waals surface area contributed by atoms with E-state index < -0.39 is 11.5 Å². The van der Waals surface area contributed by atoms with E-state index in [1.165, 1.54) is 32.1 Å². The lowest BCUT2D eigenvalue weighted by Crippen LogP contribution is -2.34. The Hall–Kier alpha value is -0.930. The average Bonchev–Trinajstić information content (AvgIpc) is 2.64. The Balaban J connectivity index is 1.98. The van der Waals surface area contributed by atoms with E-state index in [1.54, 1.807) is 6.92 Å². The van der Waals surface area contributed by atoms with Gasteiger partial charge >= 0.3 is 5.97 Å². The summed E-state index contributed by atoms with van der Waals surface area (Å²) in [4.78, 5) is 11.0. The topological polar surface area (TPSA) is 62.0 Å². The van der Waals surface area contributed by atoms with E-state index >= 15 is 0 Å². The van der Waals surface area contributed by atoms with Crippen molar-refractivity contribution in [3.8, 4) is 0 Å². The minimum atomic E-state index is -0.956. The summed E-state index contributed by atoms with van der Waals surface area (Å²) in [5.41, 5.74) is -0.956. The van der Waals surface area contributed by atoms with Gasteiger partial charge in [-0.1, -0.05) is 19.3 Å². The molecule has 2 rings (SSSR count). The molecule has 0 aromatic carbocycles. The van der Waals surface area contributed by atoms with Gasteiger partial charge in [-0.15, -0.1) is 0 Å². The van der Waals surface area contributed by atoms with Crippen molar-refractivity contribution in [3.63, 3.8) is 0 Å². The Morgan fingerprint density at radius 1 is 1.33 bits per heavy atom. The van der Waals surface area contributed by atoms with Crippen LogP contribution in [0.5, 0.6) is 0 Å². The van der Waals surface area contributed by atoms with Crippen molar-refractivity contribution in [2.45, 2.75) is 57.0 Å². The van der Waals surface area contributed by atoms with Crippen LogP contribution < -0.4 is 0 Å². The average molecular weight is 210 g/mol. The van der Waals surface area contributed by atoms with Crippen LogP contribution in [-0.2, 0) is 4.79 Å². The van der Waals surface area contributed by atoms with Crippen molar-refractivity contribution in [3.05, 3.63) is 0 Å². The summed E-state index contributed by atoms with van der Waals surface area (Å²) in [6, 6.07) is 0.159. The maximum Gasteiger partial charge on any atom is 0.333 e. The van der Waals surface area contributed by atoms with Gasteiger partial charge in [0.2, 0.25) is 0 Å². The lowest BCUT2D eigenvalue weighted by atomic mass is 9.80. The van der Waals surface area contributed by atoms with Gasteiger partial charge in [-0.3, -0.25) is 0 Å². The first-order valence-electron chi connectivity index (χ1n) is 5.77. The van der Waals surface area contributed by atoms with Gasteiger partial charge in [0.25, 0.3) is 0 Å². The second-order valence-electron chi connectivity index (χ2n) is 4.96. The number of carbonyl (C=O) groups is 1. The molecule has 2 atom stereocenters. The van der Waals surface area contributed by atoms with E-state index in [2.05, 4.69) is 10.2 Å². The van der Waals surface area contributed by atoms with Crippen LogP contribution in [0, 0.1) is 5.92 Å². The minimum Gasteiger partial charge on any atom is -0.479 e. The van der Waals surface area contributed by atoms with Gasteiger partial charge in [-0.05, 0) is 25.7 Å². The van der Waals surface area contributed by atoms with Crippen LogP contribution in [0.15, 0.2) is 10.2 Å². The number of hydrogen-bond acceptors (Lipinski definition) is 3. The summed E-state index contributed by atoms with van der Waals surface area (Å²) < 4.78 is 0. The van der Waals surface area contributed by atoms with E-state index in [0.717, 1.165) is 0 Å². The van der Waals surface area contributed by atoms with Crippen molar-refractivity contribution in [2.75, 3.05) is 0 Å². The number of carboxylic acids is 1. The van der Waals surface area contributed by atoms with E-state index in [4.69, 9.17) is 5.11 Å². The third-order valence-corrected chi connectivity index (χ3v) is 3.69. The fourth-order valence-electron chi connectivity index (χ4n) is 2.60. The standard InChI is InChI=1S/C11H18N2O2/c1-11(10(14)15)7-9(12-13-11)8-5-3-2-4-6-8/h8-9H,2-7H2,1H3,(H,14,15). The molecule has 1 N–H and O–H groups in total. The Morgan fingerprint density at radius 2 is 2.00 bits per heavy atom. The molecule has 1 saturated carbocycles. The zero-order valence-electron chi connectivity index (χ0n) is 9.15. The van der Waals surface area contributed by atoms with Crippen LogP contribution >= 0.6 is 0 Å². The number of carboxylic acid groups (broad SMARTS) is 1. The highest BCUT2D eigenvalue weighted by molar-refractivity contribution is 5.78. The molecule has 0 bridgehead atoms. The van der Waals surface area contributed by atoms with E-state index in [-0.39, 0.29) is 6.04 Å². The number of hydrogen-bond donors (Lipinski definition) is 1. The minimum absolute atomic E-state index is 0.159. The Morgan fingerprint density at radius 3 is 2.53 bits per heavy atom. The highest BCUT2D eigenvalue weighted by Crippen LogP contribution is 2.37. The zero-order valence-corrected chi connectivity index (χ0v) is 9.15. The summed E-state index contributed by atoms with van der Waals surface area (Å²) in [6.45, 7) is 1.67. The molecule has 84 valence electrons. The van der Waals surface area contributed by atoms with Crippen molar-refractivity contribution >= 4 is 5.97 Å². The van der Waals surface area contributed by atoms with Crippen molar-refractivity contribution in [1.29, 1.82) is 0 Å². The van der Waals surface area contributed by atoms with Gasteiger partial charge in [0.1, 0.15) is 0 Å². The zero-order chi connectivity index (χ0) is 10.9. The maximum absolute atomic E-state index is 11.0. The summed E-state index contributed by atoms with van der Waals surface area (Å²) in [5.74, 6) is -0.270. The van der Waals surface area contributed by atoms with Crippen molar-refractivity contribution in [2.24, 2.45) is 16.1 Å². The molecule has 2 aliphatic rings. The van der Waals surface area contributed by atoms with Gasteiger partial charge in [0, 0.05) is 6.42 Å². The van der Waals surface area contributed by atoms with Crippen LogP contribution in [0.3, 0.4) is 0 Å². The summed E-state index contributed by atoms with van der Waals surface area (Å²) in [6.07, 6.45) is 6.82. The molecular formula is C11H18N2O2. The lowest BCUT2D eigenvalue weighted by molar-refractivity contribution is -0.142. The van der Waals surface area contributed by atoms with Gasteiger partial charge in [-0.2, -0.15) is 10.2 Å². The predicted octanol–water partition coefficient (Wildman–Crippen LogP) is 2.63. The van der Waals surface area contributed by atoms with Gasteiger partial charge in [0.15, 0.2) is 5.54 Å². The molecule has 0 aromatic heterocycles. The quantitative estimate of drug-likeness (QED) is 0.761. The molecule has 4 heteroatoms. The van der Waals surface area contributed by atoms with Gasteiger partial charge < -0.3 is 5.11 Å². The highest BCUT2D eigenvalue weighted by atomic mass is 16.4. The summed E-state index contributed by atoms with van der Waals surface area (Å²) in [7, 11) is 0. The number of nitrogens with zero attached hydrogens (tertiary/aromatic N) is 2. The van der Waals surface area contributed by atoms with E-state index in [1.807, 2.05) is 0 Å². The second kappa shape index (κ2) is 3.91. The van der Waals surface area contributed by atoms with Crippen LogP contribution in [-0.4, -0.2) is 22.7 Å². The first-order valence-corrected chi connectivity index (χ1v) is 5.77. The molecule has 15 heavy (non-hydrogen) atoms. The van der Waals surface area contributed by atoms with E-state index in [0.29, 0.717) is 12.3 Å². The summed E-state index contributed by atoms with van der Waals surface area (Å²) in [5, 5.41) is 17.2. The van der Waals surface area contributed by atoms with Crippen LogP contribution in [0.2, 0.25) is 0 Å². The van der Waals surface area contributed by atoms with Crippen LogP contribution in [0.4, 0.5) is 0 Å². The first kappa shape index (κ1) is 10.6. The molecule has 0 saturated heterocycles. The Bertz CT molecular complexity index is 284. The molecule has 1 aliphatic carbocycles. The third kappa shape index (κ3) is 2.03. The fraction of sp³-hybridized carbons (Fsp3) is 0.909. The molecule has 0 spiro atoms. The SMILES string of the molecule is CC1(C(=O)O)CC(C2CCCCC2)N=N1. The Labute approximate surface area is 89.8 Å². The summed E-state index contributed by atoms with van der Waals surface area (Å²) >= 11 is 0. The molecule has 0 radical (unpaired) electrons. The van der Waals surface area contributed by atoms with E-state index in [9.17, 15) is 4.79 Å². The van der Waals surface area contributed by atoms with Crippen molar-refractivity contribution in [1.82, 2.24) is 0 Å². The number of rotatable bonds is 2. The normalized spacial score (nSPS) is 37.0. The fourth-order valence-corrected chi connectivity index (χ4v) is 2.60. The monoisotopic (exact) mass is 210 g/mol. The van der Waals surface area contributed by atoms with Crippen LogP contribution in [0.1, 0.15) is 45.4 Å². The largest absolute Gasteiger partial charge is 0.479 e. The molecule has 4 nitrogen and oxygen atoms in total. The predicted molar refractivity (Wildman–Crippen MR) is 55.9 cm³/mol. The molecular weight excluding hydrogens is 192 g/mol. The molecule has 1 aliphatic heterocycles. The maximum atomic E-state index is 11.0. The van der Waals surface area contributed by atoms with Crippen LogP contribution in [0.25, 0.3) is 0 Å². The Kier molecular flexibility index (Phi) is 2.76. The smallest absolute Gasteiger partial charge is 0.333 e. The second-order valence-corrected chi connectivity index (χ2v) is 4.96. The number of aliphatic carboxylic acids is 1. The van der Waals surface area contributed by atoms with Gasteiger partial charge in [-0.25, -0.2) is 4.79 Å². The molecule has 2 unspecified atom stereocenters. The van der Waals surface area contributed by atoms with Gasteiger partial charge in [0.05, 0.1) is 6.04 Å². The first-order chi connectivity index (χ1) is 7.12. The third-order valence-electron chi connectivity index (χ3n) is 3.69. The molecule has 0 aromatic rings. The molecule has 0 amide bonds. The number of azo groups is 1. The molecule has 1 heterocycles. The van der Waals surface area contributed by atoms with Crippen molar-refractivity contribution < 1.29 is 9.90 Å². The lowest BCUT2D eigenvalue weighted by Gasteiger charge is -2.25. The highest BCUT2D eigenvalue weighted by Gasteiger charge is 2.43.